The van der Waals surface area contributed by atoms with Crippen LogP contribution in [-0.4, -0.2) is 50.9 Å². The number of hydrogen-bond donors (Lipinski definition) is 4. The van der Waals surface area contributed by atoms with Gasteiger partial charge in [0.05, 0.1) is 14.2 Å². The van der Waals surface area contributed by atoms with Crippen LogP contribution in [-0.2, 0) is 12.8 Å². The molecule has 0 saturated heterocycles. The normalized spacial score (nSPS) is 13.1. The highest BCUT2D eigenvalue weighted by molar-refractivity contribution is 7.81. The van der Waals surface area contributed by atoms with Crippen molar-refractivity contribution in [3.05, 3.63) is 59.7 Å². The van der Waals surface area contributed by atoms with Crippen LogP contribution in [0.3, 0.4) is 0 Å². The SMILES string of the molecule is COc1ccc(CC(S)CNCCNCC(S)Cc2ccc(OC)cc2)cc1. The molecule has 0 aromatic heterocycles. The smallest absolute Gasteiger partial charge is 0.118 e. The maximum Gasteiger partial charge on any atom is 0.118 e. The minimum Gasteiger partial charge on any atom is -0.497 e. The summed E-state index contributed by atoms with van der Waals surface area (Å²) in [6, 6.07) is 16.4. The lowest BCUT2D eigenvalue weighted by molar-refractivity contribution is 0.414. The molecule has 0 saturated carbocycles. The Hall–Kier alpha value is -1.34. The van der Waals surface area contributed by atoms with Crippen molar-refractivity contribution in [2.75, 3.05) is 40.4 Å². The lowest BCUT2D eigenvalue weighted by atomic mass is 10.1. The topological polar surface area (TPSA) is 42.5 Å². The molecule has 2 aromatic rings. The second-order valence-corrected chi connectivity index (χ2v) is 8.28. The van der Waals surface area contributed by atoms with Gasteiger partial charge in [-0.3, -0.25) is 0 Å². The number of ether oxygens (including phenoxy) is 2. The summed E-state index contributed by atoms with van der Waals surface area (Å²) in [6.07, 6.45) is 1.88. The van der Waals surface area contributed by atoms with E-state index in [0.717, 1.165) is 50.5 Å². The molecular formula is C22H32N2O2S2. The highest BCUT2D eigenvalue weighted by atomic mass is 32.1. The minimum atomic E-state index is 0.293. The van der Waals surface area contributed by atoms with Gasteiger partial charge in [0.2, 0.25) is 0 Å². The van der Waals surface area contributed by atoms with Crippen molar-refractivity contribution < 1.29 is 9.47 Å². The molecule has 154 valence electrons. The van der Waals surface area contributed by atoms with Crippen LogP contribution in [0, 0.1) is 0 Å². The first-order valence-electron chi connectivity index (χ1n) is 9.64. The summed E-state index contributed by atoms with van der Waals surface area (Å²) in [4.78, 5) is 0. The van der Waals surface area contributed by atoms with Crippen molar-refractivity contribution in [2.24, 2.45) is 0 Å². The molecule has 2 unspecified atom stereocenters. The number of rotatable bonds is 13. The van der Waals surface area contributed by atoms with Crippen LogP contribution in [0.1, 0.15) is 11.1 Å². The zero-order valence-electron chi connectivity index (χ0n) is 16.7. The molecule has 2 N–H and O–H groups in total. The van der Waals surface area contributed by atoms with E-state index in [1.165, 1.54) is 11.1 Å². The molecule has 4 nitrogen and oxygen atoms in total. The summed E-state index contributed by atoms with van der Waals surface area (Å²) in [5.41, 5.74) is 2.55. The molecule has 0 aliphatic carbocycles. The fraction of sp³-hybridized carbons (Fsp3) is 0.455. The molecule has 0 bridgehead atoms. The second kappa shape index (κ2) is 13.0. The van der Waals surface area contributed by atoms with Crippen LogP contribution in [0.5, 0.6) is 11.5 Å². The van der Waals surface area contributed by atoms with E-state index < -0.39 is 0 Å². The number of hydrogen-bond acceptors (Lipinski definition) is 6. The van der Waals surface area contributed by atoms with Gasteiger partial charge < -0.3 is 20.1 Å². The second-order valence-electron chi connectivity index (χ2n) is 6.82. The largest absolute Gasteiger partial charge is 0.497 e. The molecule has 2 aromatic carbocycles. The molecule has 0 radical (unpaired) electrons. The predicted molar refractivity (Wildman–Crippen MR) is 125 cm³/mol. The number of methoxy groups -OCH3 is 2. The Kier molecular flexibility index (Phi) is 10.6. The Labute approximate surface area is 180 Å². The van der Waals surface area contributed by atoms with Crippen LogP contribution in [0.15, 0.2) is 48.5 Å². The van der Waals surface area contributed by atoms with E-state index in [4.69, 9.17) is 9.47 Å². The van der Waals surface area contributed by atoms with E-state index in [1.54, 1.807) is 14.2 Å². The molecule has 2 atom stereocenters. The highest BCUT2D eigenvalue weighted by Gasteiger charge is 2.06. The van der Waals surface area contributed by atoms with Crippen molar-refractivity contribution in [3.63, 3.8) is 0 Å². The van der Waals surface area contributed by atoms with Crippen LogP contribution in [0.4, 0.5) is 0 Å². The summed E-state index contributed by atoms with van der Waals surface area (Å²) in [5, 5.41) is 7.51. The van der Waals surface area contributed by atoms with Gasteiger partial charge in [-0.15, -0.1) is 0 Å². The maximum atomic E-state index is 5.19. The number of nitrogens with one attached hydrogen (secondary N) is 2. The van der Waals surface area contributed by atoms with Crippen LogP contribution in [0.25, 0.3) is 0 Å². The highest BCUT2D eigenvalue weighted by Crippen LogP contribution is 2.15. The first-order chi connectivity index (χ1) is 13.6. The number of thiol groups is 2. The van der Waals surface area contributed by atoms with E-state index in [2.05, 4.69) is 60.2 Å². The minimum absolute atomic E-state index is 0.293. The Balaban J connectivity index is 1.53. The van der Waals surface area contributed by atoms with E-state index in [9.17, 15) is 0 Å². The van der Waals surface area contributed by atoms with Gasteiger partial charge in [-0.05, 0) is 48.2 Å². The molecule has 6 heteroatoms. The molecular weight excluding hydrogens is 388 g/mol. The molecule has 0 aliphatic heterocycles. The third kappa shape index (κ3) is 8.78. The lowest BCUT2D eigenvalue weighted by Gasteiger charge is -2.14. The lowest BCUT2D eigenvalue weighted by Crippen LogP contribution is -2.34. The first kappa shape index (κ1) is 22.9. The Morgan fingerprint density at radius 3 is 1.36 bits per heavy atom. The van der Waals surface area contributed by atoms with Gasteiger partial charge in [-0.1, -0.05) is 24.3 Å². The average molecular weight is 421 g/mol. The zero-order valence-corrected chi connectivity index (χ0v) is 18.5. The summed E-state index contributed by atoms with van der Waals surface area (Å²) >= 11 is 9.36. The molecule has 0 amide bonds. The van der Waals surface area contributed by atoms with E-state index in [-0.39, 0.29) is 0 Å². The van der Waals surface area contributed by atoms with Crippen molar-refractivity contribution in [3.8, 4) is 11.5 Å². The summed E-state index contributed by atoms with van der Waals surface area (Å²) in [7, 11) is 3.37. The van der Waals surface area contributed by atoms with Crippen molar-refractivity contribution in [1.82, 2.24) is 10.6 Å². The summed E-state index contributed by atoms with van der Waals surface area (Å²) in [5.74, 6) is 1.77. The average Bonchev–Trinajstić information content (AvgIpc) is 2.71. The van der Waals surface area contributed by atoms with Gasteiger partial charge in [0.1, 0.15) is 11.5 Å². The van der Waals surface area contributed by atoms with Crippen molar-refractivity contribution >= 4 is 25.3 Å². The van der Waals surface area contributed by atoms with Crippen LogP contribution < -0.4 is 20.1 Å². The molecule has 0 heterocycles. The monoisotopic (exact) mass is 420 g/mol. The Bertz CT molecular complexity index is 606. The zero-order chi connectivity index (χ0) is 20.2. The molecule has 0 fully saturated rings. The van der Waals surface area contributed by atoms with E-state index >= 15 is 0 Å². The number of benzene rings is 2. The molecule has 0 spiro atoms. The Morgan fingerprint density at radius 2 is 1.04 bits per heavy atom. The maximum absolute atomic E-state index is 5.19. The van der Waals surface area contributed by atoms with E-state index in [1.807, 2.05) is 24.3 Å². The summed E-state index contributed by atoms with van der Waals surface area (Å²) in [6.45, 7) is 3.60. The van der Waals surface area contributed by atoms with Crippen molar-refractivity contribution in [2.45, 2.75) is 23.3 Å². The third-order valence-electron chi connectivity index (χ3n) is 4.50. The van der Waals surface area contributed by atoms with Crippen molar-refractivity contribution in [1.29, 1.82) is 0 Å². The van der Waals surface area contributed by atoms with E-state index in [0.29, 0.717) is 10.5 Å². The van der Waals surface area contributed by atoms with Gasteiger partial charge in [0, 0.05) is 36.7 Å². The summed E-state index contributed by atoms with van der Waals surface area (Å²) < 4.78 is 10.4. The van der Waals surface area contributed by atoms with Gasteiger partial charge in [-0.25, -0.2) is 0 Å². The van der Waals surface area contributed by atoms with Gasteiger partial charge in [-0.2, -0.15) is 25.3 Å². The first-order valence-corrected chi connectivity index (χ1v) is 10.7. The van der Waals surface area contributed by atoms with Crippen LogP contribution in [0.2, 0.25) is 0 Å². The van der Waals surface area contributed by atoms with Gasteiger partial charge in [0.25, 0.3) is 0 Å². The Morgan fingerprint density at radius 1 is 0.679 bits per heavy atom. The van der Waals surface area contributed by atoms with Gasteiger partial charge >= 0.3 is 0 Å². The third-order valence-corrected chi connectivity index (χ3v) is 5.23. The molecule has 2 rings (SSSR count). The van der Waals surface area contributed by atoms with Crippen LogP contribution >= 0.6 is 25.3 Å². The fourth-order valence-electron chi connectivity index (χ4n) is 2.93. The standard InChI is InChI=1S/C22H32N2O2S2/c1-25-19-7-3-17(4-8-19)13-21(27)15-23-11-12-24-16-22(28)14-18-5-9-20(26-2)10-6-18/h3-10,21-24,27-28H,11-16H2,1-2H3. The quantitative estimate of drug-likeness (QED) is 0.297. The molecule has 0 aliphatic rings. The fourth-order valence-corrected chi connectivity index (χ4v) is 3.61. The predicted octanol–water partition coefficient (Wildman–Crippen LogP) is 3.27. The van der Waals surface area contributed by atoms with Gasteiger partial charge in [0.15, 0.2) is 0 Å². The molecule has 28 heavy (non-hydrogen) atoms.